The SMILES string of the molecule is CCCCCCCCCCCCC(F)(C(=O)O[I+2]([O-])[O-])c1ccccc1. The maximum Gasteiger partial charge on any atom is 0.575 e. The second-order valence-electron chi connectivity index (χ2n) is 6.65. The summed E-state index contributed by atoms with van der Waals surface area (Å²) in [6.45, 7) is 2.20. The molecule has 0 spiro atoms. The van der Waals surface area contributed by atoms with E-state index in [1.54, 1.807) is 18.2 Å². The molecule has 0 saturated heterocycles. The maximum atomic E-state index is 15.3. The quantitative estimate of drug-likeness (QED) is 0.292. The first-order chi connectivity index (χ1) is 12.5. The molecule has 0 aromatic heterocycles. The van der Waals surface area contributed by atoms with E-state index in [0.29, 0.717) is 6.42 Å². The lowest BCUT2D eigenvalue weighted by Gasteiger charge is -2.20. The van der Waals surface area contributed by atoms with Crippen molar-refractivity contribution in [1.82, 2.24) is 0 Å². The largest absolute Gasteiger partial charge is 0.575 e. The van der Waals surface area contributed by atoms with Crippen LogP contribution in [-0.2, 0) is 13.5 Å². The summed E-state index contributed by atoms with van der Waals surface area (Å²) in [5, 5.41) is 0. The minimum absolute atomic E-state index is 0.0592. The molecule has 6 heteroatoms. The number of halogens is 2. The fourth-order valence-corrected chi connectivity index (χ4v) is 3.72. The molecule has 26 heavy (non-hydrogen) atoms. The number of alkyl halides is 1. The third-order valence-corrected chi connectivity index (χ3v) is 5.32. The summed E-state index contributed by atoms with van der Waals surface area (Å²) in [5.74, 6) is -1.31. The molecule has 0 fully saturated rings. The Labute approximate surface area is 165 Å². The van der Waals surface area contributed by atoms with E-state index < -0.39 is 32.7 Å². The number of hydrogen-bond donors (Lipinski definition) is 0. The molecule has 0 aliphatic heterocycles. The molecule has 1 unspecified atom stereocenters. The van der Waals surface area contributed by atoms with Gasteiger partial charge in [-0.25, -0.2) is 9.18 Å². The van der Waals surface area contributed by atoms with Gasteiger partial charge in [0.2, 0.25) is 5.67 Å². The van der Waals surface area contributed by atoms with Gasteiger partial charge in [0.1, 0.15) is 0 Å². The number of benzene rings is 1. The van der Waals surface area contributed by atoms with Crippen LogP contribution in [0, 0.1) is 0 Å². The van der Waals surface area contributed by atoms with Gasteiger partial charge in [-0.1, -0.05) is 95.0 Å². The molecular weight excluding hydrogens is 450 g/mol. The van der Waals surface area contributed by atoms with E-state index in [2.05, 4.69) is 9.99 Å². The Morgan fingerprint density at radius 2 is 1.46 bits per heavy atom. The van der Waals surface area contributed by atoms with Crippen LogP contribution in [0.25, 0.3) is 0 Å². The van der Waals surface area contributed by atoms with Gasteiger partial charge in [-0.15, -0.1) is 3.07 Å². The van der Waals surface area contributed by atoms with Gasteiger partial charge in [0.15, 0.2) is 0 Å². The van der Waals surface area contributed by atoms with Crippen molar-refractivity contribution in [2.75, 3.05) is 0 Å². The van der Waals surface area contributed by atoms with Crippen LogP contribution in [0.5, 0.6) is 0 Å². The molecule has 4 nitrogen and oxygen atoms in total. The monoisotopic (exact) mass is 480 g/mol. The van der Waals surface area contributed by atoms with Crippen LogP contribution >= 0.6 is 0 Å². The third kappa shape index (κ3) is 8.77. The Hall–Kier alpha value is -0.730. The number of unbranched alkanes of at least 4 members (excludes halogenated alkanes) is 9. The van der Waals surface area contributed by atoms with Gasteiger partial charge in [0.25, 0.3) is 0 Å². The molecule has 0 amide bonds. The van der Waals surface area contributed by atoms with Crippen molar-refractivity contribution in [1.29, 1.82) is 0 Å². The standard InChI is InChI=1S/C20H30FIO4/c1-2-3-4-5-6-7-8-9-10-14-17-20(21,19(23)26-22(24)25)18-15-12-11-13-16-18/h11-13,15-16H,2-10,14,17H2,1H3. The summed E-state index contributed by atoms with van der Waals surface area (Å²) in [7, 11) is 0. The summed E-state index contributed by atoms with van der Waals surface area (Å²) in [6.07, 6.45) is 10.9. The van der Waals surface area contributed by atoms with Crippen molar-refractivity contribution in [2.24, 2.45) is 0 Å². The number of carbonyl (C=O) groups excluding carboxylic acids is 1. The van der Waals surface area contributed by atoms with Crippen LogP contribution in [0.1, 0.15) is 83.1 Å². The Kier molecular flexibility index (Phi) is 12.0. The molecular formula is C20H30FIO4. The molecule has 0 saturated carbocycles. The van der Waals surface area contributed by atoms with Gasteiger partial charge >= 0.3 is 27.0 Å². The van der Waals surface area contributed by atoms with Crippen LogP contribution in [0.3, 0.4) is 0 Å². The average molecular weight is 480 g/mol. The molecule has 1 aromatic carbocycles. The molecule has 0 bridgehead atoms. The smallest absolute Gasteiger partial charge is 0.385 e. The zero-order chi connectivity index (χ0) is 19.3. The fourth-order valence-electron chi connectivity index (χ4n) is 3.04. The van der Waals surface area contributed by atoms with Gasteiger partial charge in [-0.3, -0.25) is 0 Å². The van der Waals surface area contributed by atoms with E-state index in [1.807, 2.05) is 0 Å². The van der Waals surface area contributed by atoms with E-state index in [1.165, 1.54) is 50.7 Å². The lowest BCUT2D eigenvalue weighted by Crippen LogP contribution is -3.99. The highest BCUT2D eigenvalue weighted by atomic mass is 127. The minimum Gasteiger partial charge on any atom is -0.385 e. The maximum absolute atomic E-state index is 15.3. The van der Waals surface area contributed by atoms with Gasteiger partial charge < -0.3 is 6.87 Å². The van der Waals surface area contributed by atoms with Crippen molar-refractivity contribution < 1.29 is 40.2 Å². The molecule has 1 aromatic rings. The molecule has 1 atom stereocenters. The highest BCUT2D eigenvalue weighted by Crippen LogP contribution is 2.33. The topological polar surface area (TPSA) is 72.4 Å². The van der Waals surface area contributed by atoms with Gasteiger partial charge in [0.05, 0.1) is 0 Å². The molecule has 1 rings (SSSR count). The lowest BCUT2D eigenvalue weighted by molar-refractivity contribution is -1.62. The van der Waals surface area contributed by atoms with Crippen molar-refractivity contribution >= 4 is 5.97 Å². The molecule has 0 aliphatic rings. The summed E-state index contributed by atoms with van der Waals surface area (Å²) in [5.41, 5.74) is -2.25. The van der Waals surface area contributed by atoms with Crippen molar-refractivity contribution in [3.05, 3.63) is 35.9 Å². The molecule has 0 N–H and O–H groups in total. The van der Waals surface area contributed by atoms with Crippen LogP contribution in [0.4, 0.5) is 4.39 Å². The third-order valence-electron chi connectivity index (χ3n) is 4.56. The minimum atomic E-state index is -4.28. The predicted molar refractivity (Wildman–Crippen MR) is 91.8 cm³/mol. The normalized spacial score (nSPS) is 13.6. The Balaban J connectivity index is 2.39. The van der Waals surface area contributed by atoms with Crippen LogP contribution in [-0.4, -0.2) is 5.97 Å². The molecule has 148 valence electrons. The van der Waals surface area contributed by atoms with Gasteiger partial charge in [0, 0.05) is 5.56 Å². The lowest BCUT2D eigenvalue weighted by atomic mass is 9.90. The first kappa shape index (κ1) is 23.3. The highest BCUT2D eigenvalue weighted by molar-refractivity contribution is 5.80. The Bertz CT molecular complexity index is 498. The molecule has 0 radical (unpaired) electrons. The first-order valence-corrected chi connectivity index (χ1v) is 12.2. The summed E-state index contributed by atoms with van der Waals surface area (Å²) < 4.78 is 41.0. The molecule has 0 aliphatic carbocycles. The van der Waals surface area contributed by atoms with Gasteiger partial charge in [-0.05, 0) is 12.8 Å². The summed E-state index contributed by atoms with van der Waals surface area (Å²) >= 11 is -4.28. The van der Waals surface area contributed by atoms with Gasteiger partial charge in [-0.2, -0.15) is 0 Å². The Morgan fingerprint density at radius 1 is 0.962 bits per heavy atom. The number of rotatable bonds is 14. The highest BCUT2D eigenvalue weighted by Gasteiger charge is 2.47. The van der Waals surface area contributed by atoms with E-state index in [0.717, 1.165) is 19.3 Å². The van der Waals surface area contributed by atoms with Crippen LogP contribution < -0.4 is 27.9 Å². The summed E-state index contributed by atoms with van der Waals surface area (Å²) in [4.78, 5) is 12.0. The van der Waals surface area contributed by atoms with Crippen LogP contribution in [0.15, 0.2) is 30.3 Å². The van der Waals surface area contributed by atoms with Crippen LogP contribution in [0.2, 0.25) is 0 Å². The summed E-state index contributed by atoms with van der Waals surface area (Å²) in [6, 6.07) is 7.95. The van der Waals surface area contributed by atoms with Crippen molar-refractivity contribution in [3.8, 4) is 0 Å². The molecule has 0 heterocycles. The zero-order valence-electron chi connectivity index (χ0n) is 15.6. The predicted octanol–water partition coefficient (Wildman–Crippen LogP) is 0.796. The number of carbonyl (C=O) groups is 1. The van der Waals surface area contributed by atoms with E-state index in [9.17, 15) is 11.7 Å². The average Bonchev–Trinajstić information content (AvgIpc) is 2.63. The van der Waals surface area contributed by atoms with E-state index in [-0.39, 0.29) is 12.0 Å². The zero-order valence-corrected chi connectivity index (χ0v) is 17.7. The number of hydrogen-bond acceptors (Lipinski definition) is 4. The van der Waals surface area contributed by atoms with E-state index in [4.69, 9.17) is 0 Å². The van der Waals surface area contributed by atoms with E-state index >= 15 is 4.39 Å². The first-order valence-electron chi connectivity index (χ1n) is 9.53. The second-order valence-corrected chi connectivity index (χ2v) is 8.17. The Morgan fingerprint density at radius 3 is 1.96 bits per heavy atom. The van der Waals surface area contributed by atoms with Crippen molar-refractivity contribution in [3.63, 3.8) is 0 Å². The van der Waals surface area contributed by atoms with Crippen molar-refractivity contribution in [2.45, 2.75) is 83.2 Å². The fraction of sp³-hybridized carbons (Fsp3) is 0.650. The second kappa shape index (κ2) is 13.4.